The van der Waals surface area contributed by atoms with E-state index in [4.69, 9.17) is 0 Å². The number of nitrogens with one attached hydrogen (secondary N) is 2. The fourth-order valence-corrected chi connectivity index (χ4v) is 4.83. The zero-order chi connectivity index (χ0) is 26.4. The molecule has 0 aliphatic carbocycles. The second-order valence-corrected chi connectivity index (χ2v) is 9.37. The first-order valence-corrected chi connectivity index (χ1v) is 12.1. The van der Waals surface area contributed by atoms with Gasteiger partial charge in [0.25, 0.3) is 5.91 Å². The number of carbonyl (C=O) groups excluding carboxylic acids is 1. The van der Waals surface area contributed by atoms with Gasteiger partial charge in [-0.1, -0.05) is 24.0 Å². The molecule has 5 aromatic rings. The van der Waals surface area contributed by atoms with Gasteiger partial charge in [0, 0.05) is 47.5 Å². The third-order valence-electron chi connectivity index (χ3n) is 6.54. The molecule has 0 saturated heterocycles. The van der Waals surface area contributed by atoms with Crippen LogP contribution in [0.3, 0.4) is 0 Å². The van der Waals surface area contributed by atoms with Crippen molar-refractivity contribution in [2.24, 2.45) is 7.05 Å². The van der Waals surface area contributed by atoms with E-state index < -0.39 is 23.9 Å². The molecule has 1 amide bonds. The minimum atomic E-state index is -1.06. The highest BCUT2D eigenvalue weighted by Gasteiger charge is 2.33. The van der Waals surface area contributed by atoms with Gasteiger partial charge in [-0.05, 0) is 31.2 Å². The molecule has 10 heteroatoms. The summed E-state index contributed by atoms with van der Waals surface area (Å²) in [7, 11) is 1.81. The maximum Gasteiger partial charge on any atom is 0.270 e. The molecule has 5 heterocycles. The number of aryl methyl sites for hydroxylation is 2. The number of hydrogen-bond acceptors (Lipinski definition) is 4. The Morgan fingerprint density at radius 2 is 2.05 bits per heavy atom. The first kappa shape index (κ1) is 23.6. The molecule has 0 saturated carbocycles. The molecular weight excluding hydrogens is 488 g/mol. The highest BCUT2D eigenvalue weighted by molar-refractivity contribution is 5.93. The van der Waals surface area contributed by atoms with Crippen LogP contribution in [0.2, 0.25) is 0 Å². The van der Waals surface area contributed by atoms with Crippen molar-refractivity contribution in [1.29, 1.82) is 0 Å². The molecule has 1 aliphatic heterocycles. The Kier molecular flexibility index (Phi) is 5.76. The monoisotopic (exact) mass is 511 g/mol. The molecule has 0 radical (unpaired) electrons. The lowest BCUT2D eigenvalue weighted by molar-refractivity contribution is 0.0936. The van der Waals surface area contributed by atoms with Gasteiger partial charge < -0.3 is 14.9 Å². The largest absolute Gasteiger partial charge is 0.354 e. The molecule has 1 aliphatic rings. The number of hydrogen-bond donors (Lipinski definition) is 2. The summed E-state index contributed by atoms with van der Waals surface area (Å²) >= 11 is 0. The van der Waals surface area contributed by atoms with Crippen LogP contribution in [0, 0.1) is 24.6 Å². The van der Waals surface area contributed by atoms with Crippen LogP contribution in [0.15, 0.2) is 55.1 Å². The number of alkyl halides is 1. The topological polar surface area (TPSA) is 93.4 Å². The molecule has 190 valence electrons. The Bertz CT molecular complexity index is 1750. The van der Waals surface area contributed by atoms with Crippen LogP contribution < -0.4 is 5.32 Å². The van der Waals surface area contributed by atoms with Crippen molar-refractivity contribution in [3.63, 3.8) is 0 Å². The minimum absolute atomic E-state index is 0.126. The number of carbonyl (C=O) groups is 1. The molecule has 38 heavy (non-hydrogen) atoms. The lowest BCUT2D eigenvalue weighted by atomic mass is 10.0. The van der Waals surface area contributed by atoms with Crippen LogP contribution in [0.1, 0.15) is 50.4 Å². The Hall–Kier alpha value is -4.78. The molecule has 1 aromatic carbocycles. The lowest BCUT2D eigenvalue weighted by Gasteiger charge is -2.18. The van der Waals surface area contributed by atoms with Crippen molar-refractivity contribution in [3.05, 3.63) is 101 Å². The van der Waals surface area contributed by atoms with Crippen LogP contribution in [0.25, 0.3) is 10.9 Å². The molecule has 4 aromatic heterocycles. The van der Waals surface area contributed by atoms with Crippen molar-refractivity contribution in [2.75, 3.05) is 0 Å². The zero-order valence-corrected chi connectivity index (χ0v) is 20.7. The molecule has 0 spiro atoms. The summed E-state index contributed by atoms with van der Waals surface area (Å²) < 4.78 is 33.2. The Labute approximate surface area is 216 Å². The van der Waals surface area contributed by atoms with E-state index in [9.17, 15) is 9.18 Å². The molecule has 6 rings (SSSR count). The van der Waals surface area contributed by atoms with E-state index in [1.165, 1.54) is 6.33 Å². The molecule has 2 N–H and O–H groups in total. The van der Waals surface area contributed by atoms with E-state index in [0.717, 1.165) is 5.56 Å². The van der Waals surface area contributed by atoms with Crippen LogP contribution >= 0.6 is 0 Å². The molecule has 8 nitrogen and oxygen atoms in total. The first-order valence-electron chi connectivity index (χ1n) is 12.1. The van der Waals surface area contributed by atoms with E-state index in [1.807, 2.05) is 0 Å². The average Bonchev–Trinajstić information content (AvgIpc) is 3.65. The number of halogens is 2. The third-order valence-corrected chi connectivity index (χ3v) is 6.54. The molecule has 1 unspecified atom stereocenters. The van der Waals surface area contributed by atoms with Gasteiger partial charge in [-0.2, -0.15) is 5.10 Å². The number of pyridine rings is 1. The first-order chi connectivity index (χ1) is 18.4. The summed E-state index contributed by atoms with van der Waals surface area (Å²) in [4.78, 5) is 25.4. The molecular formula is C28H23F2N7O. The predicted molar refractivity (Wildman–Crippen MR) is 137 cm³/mol. The Balaban J connectivity index is 1.38. The van der Waals surface area contributed by atoms with Gasteiger partial charge in [0.1, 0.15) is 17.9 Å². The number of amides is 1. The van der Waals surface area contributed by atoms with E-state index >= 15 is 4.39 Å². The molecule has 0 bridgehead atoms. The normalized spacial score (nSPS) is 15.2. The van der Waals surface area contributed by atoms with Gasteiger partial charge in [-0.25, -0.2) is 18.7 Å². The lowest BCUT2D eigenvalue weighted by Crippen LogP contribution is -2.32. The number of nitrogens with zero attached hydrogens (tertiary/aromatic N) is 5. The van der Waals surface area contributed by atoms with E-state index in [2.05, 4.69) is 37.2 Å². The van der Waals surface area contributed by atoms with Crippen LogP contribution in [0.5, 0.6) is 0 Å². The van der Waals surface area contributed by atoms with Gasteiger partial charge in [0.05, 0.1) is 36.0 Å². The fraction of sp³-hybridized carbons (Fsp3) is 0.214. The zero-order valence-electron chi connectivity index (χ0n) is 20.7. The second kappa shape index (κ2) is 9.27. The smallest absolute Gasteiger partial charge is 0.270 e. The van der Waals surface area contributed by atoms with E-state index in [0.29, 0.717) is 33.5 Å². The van der Waals surface area contributed by atoms with Crippen molar-refractivity contribution < 1.29 is 13.6 Å². The summed E-state index contributed by atoms with van der Waals surface area (Å²) in [6.45, 7) is 1.95. The van der Waals surface area contributed by atoms with Gasteiger partial charge in [-0.3, -0.25) is 9.48 Å². The maximum absolute atomic E-state index is 15.6. The van der Waals surface area contributed by atoms with Gasteiger partial charge in [0.2, 0.25) is 0 Å². The van der Waals surface area contributed by atoms with Gasteiger partial charge in [0.15, 0.2) is 5.82 Å². The van der Waals surface area contributed by atoms with Crippen LogP contribution in [-0.4, -0.2) is 41.4 Å². The Morgan fingerprint density at radius 1 is 1.24 bits per heavy atom. The quantitative estimate of drug-likeness (QED) is 0.360. The van der Waals surface area contributed by atoms with Gasteiger partial charge in [-0.15, -0.1) is 0 Å². The number of benzene rings is 1. The number of fused-ring (bicyclic) bond motifs is 2. The predicted octanol–water partition coefficient (Wildman–Crippen LogP) is 3.75. The molecule has 0 fully saturated rings. The van der Waals surface area contributed by atoms with E-state index in [1.54, 1.807) is 72.0 Å². The number of H-pyrrole nitrogens is 1. The third kappa shape index (κ3) is 4.32. The standard InChI is InChI=1S/C28H23F2N7O/c1-16-9-17(7-8-18-12-32-36(2)13-18)10-22(33-16)28(38)35-27(25-23-11-19(29)14-37(23)15-31-25)26-24(30)20-5-3-4-6-21(20)34-26/h3-6,9-10,12-13,15,19,27,34H,11,14H2,1-2H3,(H,35,38)/t19-,27?/m1/s1. The number of aromatic amines is 1. The number of rotatable bonds is 4. The van der Waals surface area contributed by atoms with Crippen LogP contribution in [0.4, 0.5) is 8.78 Å². The number of imidazole rings is 1. The SMILES string of the molecule is Cc1cc(C#Cc2cnn(C)c2)cc(C(=O)NC(c2ncn3c2C[C@@H](F)C3)c2[nH]c3ccccc3c2F)n1. The highest BCUT2D eigenvalue weighted by atomic mass is 19.1. The number of para-hydroxylation sites is 1. The van der Waals surface area contributed by atoms with Crippen molar-refractivity contribution in [3.8, 4) is 11.8 Å². The summed E-state index contributed by atoms with van der Waals surface area (Å²) in [6, 6.07) is 9.33. The Morgan fingerprint density at radius 3 is 2.84 bits per heavy atom. The van der Waals surface area contributed by atoms with E-state index in [-0.39, 0.29) is 24.4 Å². The summed E-state index contributed by atoms with van der Waals surface area (Å²) in [6.07, 6.45) is 4.05. The van der Waals surface area contributed by atoms with Crippen molar-refractivity contribution in [2.45, 2.75) is 32.1 Å². The number of aromatic nitrogens is 6. The highest BCUT2D eigenvalue weighted by Crippen LogP contribution is 2.33. The minimum Gasteiger partial charge on any atom is -0.354 e. The van der Waals surface area contributed by atoms with Gasteiger partial charge >= 0.3 is 0 Å². The summed E-state index contributed by atoms with van der Waals surface area (Å²) in [5, 5.41) is 7.39. The maximum atomic E-state index is 15.6. The average molecular weight is 512 g/mol. The van der Waals surface area contributed by atoms with Crippen molar-refractivity contribution in [1.82, 2.24) is 34.6 Å². The molecule has 2 atom stereocenters. The van der Waals surface area contributed by atoms with Crippen LogP contribution in [-0.2, 0) is 20.0 Å². The fourth-order valence-electron chi connectivity index (χ4n) is 4.83. The summed E-state index contributed by atoms with van der Waals surface area (Å²) in [5.74, 6) is 5.04. The van der Waals surface area contributed by atoms with Crippen molar-refractivity contribution >= 4 is 16.8 Å². The second-order valence-electron chi connectivity index (χ2n) is 9.37. The summed E-state index contributed by atoms with van der Waals surface area (Å²) in [5.41, 5.74) is 3.82.